The molecule has 1 N–H and O–H groups in total. The number of nitrogens with one attached hydrogen (secondary N) is 1. The molecule has 1 saturated heterocycles. The molecule has 6 heteroatoms. The smallest absolute Gasteiger partial charge is 0.255 e. The SMILES string of the molecule is CCc1c(C(=O)N[C@H]2CCN(Cc3ccccc3)C2)cnn1-c1ccc(F)cc1. The largest absolute Gasteiger partial charge is 0.348 e. The molecule has 1 amide bonds. The van der Waals surface area contributed by atoms with Crippen molar-refractivity contribution in [1.82, 2.24) is 20.0 Å². The van der Waals surface area contributed by atoms with Crippen LogP contribution >= 0.6 is 0 Å². The predicted octanol–water partition coefficient (Wildman–Crippen LogP) is 3.58. The summed E-state index contributed by atoms with van der Waals surface area (Å²) in [5.74, 6) is -0.389. The van der Waals surface area contributed by atoms with Gasteiger partial charge in [0.15, 0.2) is 0 Å². The lowest BCUT2D eigenvalue weighted by molar-refractivity contribution is 0.0936. The first kappa shape index (κ1) is 19.3. The first-order chi connectivity index (χ1) is 14.1. The maximum absolute atomic E-state index is 13.2. The summed E-state index contributed by atoms with van der Waals surface area (Å²) in [5, 5.41) is 7.54. The number of likely N-dealkylation sites (tertiary alicyclic amines) is 1. The summed E-state index contributed by atoms with van der Waals surface area (Å²) in [4.78, 5) is 15.3. The van der Waals surface area contributed by atoms with Crippen LogP contribution < -0.4 is 5.32 Å². The van der Waals surface area contributed by atoms with Gasteiger partial charge in [0, 0.05) is 25.7 Å². The highest BCUT2D eigenvalue weighted by Gasteiger charge is 2.26. The summed E-state index contributed by atoms with van der Waals surface area (Å²) in [6, 6.07) is 16.6. The number of amides is 1. The third-order valence-corrected chi connectivity index (χ3v) is 5.38. The quantitative estimate of drug-likeness (QED) is 0.698. The van der Waals surface area contributed by atoms with E-state index < -0.39 is 0 Å². The Bertz CT molecular complexity index is 968. The van der Waals surface area contributed by atoms with E-state index in [2.05, 4.69) is 39.6 Å². The Labute approximate surface area is 170 Å². The van der Waals surface area contributed by atoms with Crippen LogP contribution in [0, 0.1) is 5.82 Å². The summed E-state index contributed by atoms with van der Waals surface area (Å²) in [6.07, 6.45) is 3.20. The number of nitrogens with zero attached hydrogens (tertiary/aromatic N) is 3. The molecular weight excluding hydrogens is 367 g/mol. The van der Waals surface area contributed by atoms with Gasteiger partial charge in [0.05, 0.1) is 23.1 Å². The van der Waals surface area contributed by atoms with Gasteiger partial charge in [-0.3, -0.25) is 9.69 Å². The number of rotatable bonds is 6. The van der Waals surface area contributed by atoms with E-state index in [9.17, 15) is 9.18 Å². The van der Waals surface area contributed by atoms with Crippen molar-refractivity contribution in [2.45, 2.75) is 32.4 Å². The van der Waals surface area contributed by atoms with Gasteiger partial charge in [-0.1, -0.05) is 37.3 Å². The maximum Gasteiger partial charge on any atom is 0.255 e. The van der Waals surface area contributed by atoms with Gasteiger partial charge < -0.3 is 5.32 Å². The molecule has 1 atom stereocenters. The van der Waals surface area contributed by atoms with Crippen LogP contribution in [0.5, 0.6) is 0 Å². The lowest BCUT2D eigenvalue weighted by Gasteiger charge is -2.17. The average Bonchev–Trinajstić information content (AvgIpc) is 3.36. The zero-order valence-electron chi connectivity index (χ0n) is 16.5. The van der Waals surface area contributed by atoms with E-state index >= 15 is 0 Å². The van der Waals surface area contributed by atoms with Gasteiger partial charge in [0.1, 0.15) is 5.82 Å². The van der Waals surface area contributed by atoms with E-state index in [-0.39, 0.29) is 17.8 Å². The minimum atomic E-state index is -0.293. The molecule has 1 fully saturated rings. The summed E-state index contributed by atoms with van der Waals surface area (Å²) in [6.45, 7) is 4.70. The fourth-order valence-electron chi connectivity index (χ4n) is 3.91. The summed E-state index contributed by atoms with van der Waals surface area (Å²) >= 11 is 0. The molecule has 1 aliphatic heterocycles. The van der Waals surface area contributed by atoms with E-state index in [0.717, 1.165) is 37.4 Å². The maximum atomic E-state index is 13.2. The molecule has 0 unspecified atom stereocenters. The van der Waals surface area contributed by atoms with Crippen molar-refractivity contribution >= 4 is 5.91 Å². The fourth-order valence-corrected chi connectivity index (χ4v) is 3.91. The second kappa shape index (κ2) is 8.57. The molecule has 2 heterocycles. The molecule has 5 nitrogen and oxygen atoms in total. The van der Waals surface area contributed by atoms with Gasteiger partial charge >= 0.3 is 0 Å². The second-order valence-corrected chi connectivity index (χ2v) is 7.43. The van der Waals surface area contributed by atoms with Crippen LogP contribution in [0.2, 0.25) is 0 Å². The number of halogens is 1. The van der Waals surface area contributed by atoms with Gasteiger partial charge in [-0.2, -0.15) is 5.10 Å². The predicted molar refractivity (Wildman–Crippen MR) is 110 cm³/mol. The van der Waals surface area contributed by atoms with Crippen LogP contribution in [0.25, 0.3) is 5.69 Å². The van der Waals surface area contributed by atoms with Crippen molar-refractivity contribution in [3.63, 3.8) is 0 Å². The highest BCUT2D eigenvalue weighted by molar-refractivity contribution is 5.95. The molecule has 0 aliphatic carbocycles. The van der Waals surface area contributed by atoms with Crippen LogP contribution in [-0.2, 0) is 13.0 Å². The molecular formula is C23H25FN4O. The zero-order valence-corrected chi connectivity index (χ0v) is 16.5. The molecule has 29 heavy (non-hydrogen) atoms. The first-order valence-electron chi connectivity index (χ1n) is 10.0. The third kappa shape index (κ3) is 4.38. The molecule has 1 aromatic heterocycles. The molecule has 3 aromatic rings. The van der Waals surface area contributed by atoms with Crippen LogP contribution in [0.15, 0.2) is 60.8 Å². The number of carbonyl (C=O) groups excluding carboxylic acids is 1. The van der Waals surface area contributed by atoms with Crippen molar-refractivity contribution in [3.8, 4) is 5.69 Å². The van der Waals surface area contributed by atoms with Crippen molar-refractivity contribution < 1.29 is 9.18 Å². The first-order valence-corrected chi connectivity index (χ1v) is 10.0. The van der Waals surface area contributed by atoms with Gasteiger partial charge in [0.2, 0.25) is 0 Å². The summed E-state index contributed by atoms with van der Waals surface area (Å²) < 4.78 is 14.9. The highest BCUT2D eigenvalue weighted by Crippen LogP contribution is 2.18. The molecule has 0 saturated carbocycles. The van der Waals surface area contributed by atoms with Crippen molar-refractivity contribution in [2.24, 2.45) is 0 Å². The minimum Gasteiger partial charge on any atom is -0.348 e. The van der Waals surface area contributed by atoms with E-state index in [1.54, 1.807) is 23.0 Å². The van der Waals surface area contributed by atoms with Crippen LogP contribution in [0.3, 0.4) is 0 Å². The van der Waals surface area contributed by atoms with Gasteiger partial charge in [-0.05, 0) is 42.7 Å². The Balaban J connectivity index is 1.42. The number of hydrogen-bond donors (Lipinski definition) is 1. The molecule has 0 radical (unpaired) electrons. The van der Waals surface area contributed by atoms with E-state index in [1.807, 2.05) is 13.0 Å². The minimum absolute atomic E-state index is 0.0956. The average molecular weight is 392 g/mol. The normalized spacial score (nSPS) is 16.8. The Kier molecular flexibility index (Phi) is 5.71. The molecule has 4 rings (SSSR count). The monoisotopic (exact) mass is 392 g/mol. The van der Waals surface area contributed by atoms with Gasteiger partial charge in [0.25, 0.3) is 5.91 Å². The molecule has 0 bridgehead atoms. The Morgan fingerprint density at radius 3 is 2.66 bits per heavy atom. The Hall–Kier alpha value is -2.99. The zero-order chi connectivity index (χ0) is 20.2. The van der Waals surface area contributed by atoms with E-state index in [4.69, 9.17) is 0 Å². The van der Waals surface area contributed by atoms with E-state index in [1.165, 1.54) is 17.7 Å². The fraction of sp³-hybridized carbons (Fsp3) is 0.304. The van der Waals surface area contributed by atoms with Crippen LogP contribution in [0.1, 0.15) is 35.0 Å². The lowest BCUT2D eigenvalue weighted by Crippen LogP contribution is -2.37. The van der Waals surface area contributed by atoms with Gasteiger partial charge in [-0.15, -0.1) is 0 Å². The number of hydrogen-bond acceptors (Lipinski definition) is 3. The van der Waals surface area contributed by atoms with Crippen molar-refractivity contribution in [1.29, 1.82) is 0 Å². The molecule has 1 aliphatic rings. The topological polar surface area (TPSA) is 50.2 Å². The van der Waals surface area contributed by atoms with E-state index in [0.29, 0.717) is 12.0 Å². The Morgan fingerprint density at radius 1 is 1.17 bits per heavy atom. The van der Waals surface area contributed by atoms with Crippen LogP contribution in [-0.4, -0.2) is 39.7 Å². The van der Waals surface area contributed by atoms with Gasteiger partial charge in [-0.25, -0.2) is 9.07 Å². The number of carbonyl (C=O) groups is 1. The summed E-state index contributed by atoms with van der Waals surface area (Å²) in [5.41, 5.74) is 3.44. The third-order valence-electron chi connectivity index (χ3n) is 5.38. The lowest BCUT2D eigenvalue weighted by atomic mass is 10.1. The van der Waals surface area contributed by atoms with Crippen molar-refractivity contribution in [2.75, 3.05) is 13.1 Å². The Morgan fingerprint density at radius 2 is 1.93 bits per heavy atom. The van der Waals surface area contributed by atoms with Crippen molar-refractivity contribution in [3.05, 3.63) is 83.4 Å². The second-order valence-electron chi connectivity index (χ2n) is 7.43. The van der Waals surface area contributed by atoms with Crippen LogP contribution in [0.4, 0.5) is 4.39 Å². The summed E-state index contributed by atoms with van der Waals surface area (Å²) in [7, 11) is 0. The number of benzene rings is 2. The number of aromatic nitrogens is 2. The molecule has 150 valence electrons. The molecule has 2 aromatic carbocycles. The highest BCUT2D eigenvalue weighted by atomic mass is 19.1. The molecule has 0 spiro atoms. The standard InChI is InChI=1S/C23H25FN4O/c1-2-22-21(14-25-28(22)20-10-8-18(24)9-11-20)23(29)26-19-12-13-27(16-19)15-17-6-4-3-5-7-17/h3-11,14,19H,2,12-13,15-16H2,1H3,(H,26,29)/t19-/m0/s1.